The predicted molar refractivity (Wildman–Crippen MR) is 87.4 cm³/mol. The quantitative estimate of drug-likeness (QED) is 0.437. The lowest BCUT2D eigenvalue weighted by molar-refractivity contribution is 0.399. The summed E-state index contributed by atoms with van der Waals surface area (Å²) in [5.74, 6) is 2.47. The summed E-state index contributed by atoms with van der Waals surface area (Å²) < 4.78 is 10.6. The highest BCUT2D eigenvalue weighted by Crippen LogP contribution is 2.24. The second kappa shape index (κ2) is 9.69. The number of hydrogen-bond donors (Lipinski definition) is 2. The van der Waals surface area contributed by atoms with Crippen LogP contribution >= 0.6 is 0 Å². The van der Waals surface area contributed by atoms with Crippen LogP contribution in [0.2, 0.25) is 0 Å². The van der Waals surface area contributed by atoms with Crippen LogP contribution in [-0.2, 0) is 6.42 Å². The third-order valence-electron chi connectivity index (χ3n) is 2.90. The Morgan fingerprint density at radius 3 is 2.71 bits per heavy atom. The highest BCUT2D eigenvalue weighted by atomic mass is 16.5. The van der Waals surface area contributed by atoms with Crippen LogP contribution in [0, 0.1) is 0 Å². The fourth-order valence-electron chi connectivity index (χ4n) is 1.88. The van der Waals surface area contributed by atoms with Gasteiger partial charge in [-0.25, -0.2) is 0 Å². The molecule has 0 unspecified atom stereocenters. The average molecular weight is 291 g/mol. The van der Waals surface area contributed by atoms with Crippen LogP contribution in [0.5, 0.6) is 11.5 Å². The van der Waals surface area contributed by atoms with Crippen molar-refractivity contribution in [3.05, 3.63) is 36.4 Å². The van der Waals surface area contributed by atoms with Gasteiger partial charge in [0, 0.05) is 19.6 Å². The minimum atomic E-state index is 0.663. The van der Waals surface area contributed by atoms with Crippen molar-refractivity contribution >= 4 is 5.96 Å². The van der Waals surface area contributed by atoms with Crippen molar-refractivity contribution in [2.45, 2.75) is 13.3 Å². The summed E-state index contributed by atoms with van der Waals surface area (Å²) in [5, 5.41) is 6.36. The topological polar surface area (TPSA) is 54.9 Å². The number of guanidine groups is 1. The molecule has 0 radical (unpaired) electrons. The van der Waals surface area contributed by atoms with Crippen molar-refractivity contribution in [1.82, 2.24) is 10.6 Å². The maximum atomic E-state index is 5.37. The number of ether oxygens (including phenoxy) is 2. The smallest absolute Gasteiger partial charge is 0.191 e. The molecule has 2 N–H and O–H groups in total. The number of benzene rings is 1. The maximum Gasteiger partial charge on any atom is 0.191 e. The fraction of sp³-hybridized carbons (Fsp3) is 0.438. The molecule has 0 bridgehead atoms. The van der Waals surface area contributed by atoms with Gasteiger partial charge in [-0.3, -0.25) is 4.99 Å². The van der Waals surface area contributed by atoms with Gasteiger partial charge in [-0.1, -0.05) is 6.08 Å². The first-order valence-corrected chi connectivity index (χ1v) is 7.09. The summed E-state index contributed by atoms with van der Waals surface area (Å²) in [7, 11) is 3.33. The highest BCUT2D eigenvalue weighted by Gasteiger charge is 2.05. The van der Waals surface area contributed by atoms with Crippen molar-refractivity contribution in [3.63, 3.8) is 0 Å². The van der Waals surface area contributed by atoms with E-state index >= 15 is 0 Å². The van der Waals surface area contributed by atoms with E-state index in [1.165, 1.54) is 0 Å². The molecule has 0 spiro atoms. The zero-order valence-corrected chi connectivity index (χ0v) is 13.1. The van der Waals surface area contributed by atoms with E-state index in [1.54, 1.807) is 20.3 Å². The van der Waals surface area contributed by atoms with E-state index in [0.29, 0.717) is 13.1 Å². The number of rotatable bonds is 8. The third-order valence-corrected chi connectivity index (χ3v) is 2.90. The summed E-state index contributed by atoms with van der Waals surface area (Å²) >= 11 is 0. The van der Waals surface area contributed by atoms with Gasteiger partial charge in [-0.2, -0.15) is 0 Å². The number of methoxy groups -OCH3 is 2. The minimum Gasteiger partial charge on any atom is -0.497 e. The van der Waals surface area contributed by atoms with Gasteiger partial charge < -0.3 is 20.1 Å². The molecule has 0 amide bonds. The number of hydrogen-bond acceptors (Lipinski definition) is 3. The van der Waals surface area contributed by atoms with Crippen LogP contribution in [0.25, 0.3) is 0 Å². The van der Waals surface area contributed by atoms with Gasteiger partial charge >= 0.3 is 0 Å². The van der Waals surface area contributed by atoms with E-state index < -0.39 is 0 Å². The molecule has 0 saturated carbocycles. The van der Waals surface area contributed by atoms with Crippen LogP contribution in [0.3, 0.4) is 0 Å². The second-order valence-corrected chi connectivity index (χ2v) is 4.36. The number of nitrogens with zero attached hydrogens (tertiary/aromatic N) is 1. The molecule has 21 heavy (non-hydrogen) atoms. The minimum absolute atomic E-state index is 0.663. The molecule has 5 nitrogen and oxygen atoms in total. The normalized spacial score (nSPS) is 10.9. The largest absolute Gasteiger partial charge is 0.497 e. The Morgan fingerprint density at radius 1 is 1.29 bits per heavy atom. The van der Waals surface area contributed by atoms with Crippen LogP contribution in [0.4, 0.5) is 0 Å². The van der Waals surface area contributed by atoms with Gasteiger partial charge in [0.1, 0.15) is 11.5 Å². The van der Waals surface area contributed by atoms with Gasteiger partial charge in [0.15, 0.2) is 5.96 Å². The Kier molecular flexibility index (Phi) is 7.79. The van der Waals surface area contributed by atoms with E-state index in [4.69, 9.17) is 9.47 Å². The molecule has 0 heterocycles. The fourth-order valence-corrected chi connectivity index (χ4v) is 1.88. The van der Waals surface area contributed by atoms with Crippen molar-refractivity contribution < 1.29 is 9.47 Å². The van der Waals surface area contributed by atoms with Gasteiger partial charge in [-0.15, -0.1) is 6.58 Å². The molecule has 1 rings (SSSR count). The lowest BCUT2D eigenvalue weighted by Gasteiger charge is -2.11. The van der Waals surface area contributed by atoms with Crippen LogP contribution in [0.1, 0.15) is 12.5 Å². The molecule has 1 aromatic rings. The number of nitrogens with one attached hydrogen (secondary N) is 2. The van der Waals surface area contributed by atoms with Crippen molar-refractivity contribution in [1.29, 1.82) is 0 Å². The summed E-state index contributed by atoms with van der Waals surface area (Å²) in [6, 6.07) is 5.79. The Hall–Kier alpha value is -2.17. The molecular formula is C16H25N3O2. The molecule has 0 aliphatic rings. The first-order valence-electron chi connectivity index (χ1n) is 7.09. The molecule has 0 aliphatic heterocycles. The Labute approximate surface area is 127 Å². The van der Waals surface area contributed by atoms with Crippen LogP contribution in [0.15, 0.2) is 35.8 Å². The second-order valence-electron chi connectivity index (χ2n) is 4.36. The van der Waals surface area contributed by atoms with E-state index in [0.717, 1.165) is 36.0 Å². The van der Waals surface area contributed by atoms with E-state index in [2.05, 4.69) is 22.2 Å². The average Bonchev–Trinajstić information content (AvgIpc) is 2.52. The van der Waals surface area contributed by atoms with Crippen molar-refractivity contribution in [3.8, 4) is 11.5 Å². The van der Waals surface area contributed by atoms with Crippen molar-refractivity contribution in [2.75, 3.05) is 33.9 Å². The SMILES string of the molecule is C=CCNC(=NCCc1cc(OC)ccc1OC)NCC. The molecule has 1 aromatic carbocycles. The van der Waals surface area contributed by atoms with Gasteiger partial charge in [-0.05, 0) is 37.1 Å². The molecule has 0 aliphatic carbocycles. The van der Waals surface area contributed by atoms with Crippen LogP contribution < -0.4 is 20.1 Å². The highest BCUT2D eigenvalue weighted by molar-refractivity contribution is 5.79. The molecule has 0 fully saturated rings. The van der Waals surface area contributed by atoms with E-state index in [-0.39, 0.29) is 0 Å². The first-order chi connectivity index (χ1) is 10.2. The Balaban J connectivity index is 2.69. The lowest BCUT2D eigenvalue weighted by atomic mass is 10.1. The Bertz CT molecular complexity index is 473. The summed E-state index contributed by atoms with van der Waals surface area (Å²) in [6.45, 7) is 7.90. The molecule has 0 aromatic heterocycles. The molecule has 0 saturated heterocycles. The molecule has 5 heteroatoms. The molecule has 116 valence electrons. The number of aliphatic imine (C=N–C) groups is 1. The van der Waals surface area contributed by atoms with Crippen LogP contribution in [-0.4, -0.2) is 39.8 Å². The van der Waals surface area contributed by atoms with Gasteiger partial charge in [0.2, 0.25) is 0 Å². The monoisotopic (exact) mass is 291 g/mol. The maximum absolute atomic E-state index is 5.37. The van der Waals surface area contributed by atoms with E-state index in [9.17, 15) is 0 Å². The predicted octanol–water partition coefficient (Wildman–Crippen LogP) is 1.99. The summed E-state index contributed by atoms with van der Waals surface area (Å²) in [6.07, 6.45) is 2.59. The van der Waals surface area contributed by atoms with E-state index in [1.807, 2.05) is 25.1 Å². The first kappa shape index (κ1) is 16.9. The molecular weight excluding hydrogens is 266 g/mol. The van der Waals surface area contributed by atoms with Gasteiger partial charge in [0.25, 0.3) is 0 Å². The summed E-state index contributed by atoms with van der Waals surface area (Å²) in [4.78, 5) is 4.53. The third kappa shape index (κ3) is 5.77. The van der Waals surface area contributed by atoms with Gasteiger partial charge in [0.05, 0.1) is 14.2 Å². The lowest BCUT2D eigenvalue weighted by Crippen LogP contribution is -2.37. The molecule has 0 atom stereocenters. The summed E-state index contributed by atoms with van der Waals surface area (Å²) in [5.41, 5.74) is 1.08. The van der Waals surface area contributed by atoms with Crippen molar-refractivity contribution in [2.24, 2.45) is 4.99 Å². The zero-order chi connectivity index (χ0) is 15.5. The standard InChI is InChI=1S/C16H25N3O2/c1-5-10-18-16(17-6-2)19-11-9-13-12-14(20-3)7-8-15(13)21-4/h5,7-8,12H,1,6,9-11H2,2-4H3,(H2,17,18,19). The Morgan fingerprint density at radius 2 is 2.10 bits per heavy atom. The zero-order valence-electron chi connectivity index (χ0n) is 13.1.